The highest BCUT2D eigenvalue weighted by atomic mass is 16.3. The molecule has 9 heteroatoms. The van der Waals surface area contributed by atoms with Crippen molar-refractivity contribution in [2.24, 2.45) is 5.92 Å². The molecular formula is C31H35N3O6. The third-order valence-corrected chi connectivity index (χ3v) is 6.37. The second-order valence-corrected chi connectivity index (χ2v) is 10.0. The number of hydrogen-bond donors (Lipinski definition) is 5. The number of nitrogens with one attached hydrogen (secondary N) is 3. The topological polar surface area (TPSA) is 145 Å². The Kier molecular flexibility index (Phi) is 10.8. The largest absolute Gasteiger partial charge is 0.508 e. The Balaban J connectivity index is 1.72. The van der Waals surface area contributed by atoms with Crippen molar-refractivity contribution in [2.75, 3.05) is 0 Å². The molecule has 3 rings (SSSR count). The van der Waals surface area contributed by atoms with Crippen LogP contribution in [0.25, 0.3) is 0 Å². The molecule has 0 spiro atoms. The van der Waals surface area contributed by atoms with Crippen molar-refractivity contribution in [3.8, 4) is 11.5 Å². The van der Waals surface area contributed by atoms with Gasteiger partial charge in [-0.3, -0.25) is 14.4 Å². The van der Waals surface area contributed by atoms with Crippen LogP contribution in [0.4, 0.5) is 0 Å². The number of carbonyl (C=O) groups excluding carboxylic acids is 4. The summed E-state index contributed by atoms with van der Waals surface area (Å²) in [6.07, 6.45) is 1.05. The summed E-state index contributed by atoms with van der Waals surface area (Å²) in [7, 11) is 0. The lowest BCUT2D eigenvalue weighted by Gasteiger charge is -2.26. The summed E-state index contributed by atoms with van der Waals surface area (Å²) in [5.74, 6) is -1.59. The molecule has 0 radical (unpaired) electrons. The minimum absolute atomic E-state index is 0.0754. The van der Waals surface area contributed by atoms with Gasteiger partial charge >= 0.3 is 0 Å². The first-order valence-corrected chi connectivity index (χ1v) is 13.1. The van der Waals surface area contributed by atoms with Gasteiger partial charge in [0.2, 0.25) is 17.7 Å². The normalized spacial score (nSPS) is 13.1. The first kappa shape index (κ1) is 29.9. The van der Waals surface area contributed by atoms with E-state index in [4.69, 9.17) is 0 Å². The first-order chi connectivity index (χ1) is 19.1. The summed E-state index contributed by atoms with van der Waals surface area (Å²) in [6.45, 7) is 3.53. The number of carbonyl (C=O) groups is 4. The number of amides is 3. The summed E-state index contributed by atoms with van der Waals surface area (Å²) in [4.78, 5) is 51.2. The van der Waals surface area contributed by atoms with Crippen LogP contribution >= 0.6 is 0 Å². The van der Waals surface area contributed by atoms with Gasteiger partial charge in [0, 0.05) is 6.42 Å². The van der Waals surface area contributed by atoms with E-state index in [2.05, 4.69) is 16.0 Å². The first-order valence-electron chi connectivity index (χ1n) is 13.1. The summed E-state index contributed by atoms with van der Waals surface area (Å²) < 4.78 is 0. The molecule has 9 nitrogen and oxygen atoms in total. The Bertz CT molecular complexity index is 1280. The summed E-state index contributed by atoms with van der Waals surface area (Å²) in [5, 5.41) is 27.3. The van der Waals surface area contributed by atoms with Gasteiger partial charge in [-0.25, -0.2) is 0 Å². The average molecular weight is 546 g/mol. The highest BCUT2D eigenvalue weighted by Crippen LogP contribution is 2.14. The number of benzene rings is 3. The van der Waals surface area contributed by atoms with Crippen molar-refractivity contribution in [3.05, 3.63) is 95.6 Å². The number of phenols is 2. The molecule has 0 aliphatic carbocycles. The zero-order chi connectivity index (χ0) is 29.1. The van der Waals surface area contributed by atoms with E-state index >= 15 is 0 Å². The molecule has 0 saturated carbocycles. The highest BCUT2D eigenvalue weighted by Gasteiger charge is 2.30. The van der Waals surface area contributed by atoms with Gasteiger partial charge in [0.1, 0.15) is 29.9 Å². The van der Waals surface area contributed by atoms with E-state index in [9.17, 15) is 29.4 Å². The lowest BCUT2D eigenvalue weighted by atomic mass is 9.99. The predicted molar refractivity (Wildman–Crippen MR) is 150 cm³/mol. The summed E-state index contributed by atoms with van der Waals surface area (Å²) >= 11 is 0. The van der Waals surface area contributed by atoms with Gasteiger partial charge in [-0.15, -0.1) is 0 Å². The van der Waals surface area contributed by atoms with Gasteiger partial charge < -0.3 is 31.0 Å². The van der Waals surface area contributed by atoms with Crippen LogP contribution in [0, 0.1) is 5.92 Å². The average Bonchev–Trinajstić information content (AvgIpc) is 2.93. The Morgan fingerprint density at radius 3 is 1.77 bits per heavy atom. The number of phenolic OH excluding ortho intramolecular Hbond substituents is 2. The molecule has 0 fully saturated rings. The van der Waals surface area contributed by atoms with E-state index in [1.54, 1.807) is 38.1 Å². The van der Waals surface area contributed by atoms with Gasteiger partial charge in [-0.2, -0.15) is 0 Å². The molecule has 0 unspecified atom stereocenters. The zero-order valence-electron chi connectivity index (χ0n) is 22.5. The van der Waals surface area contributed by atoms with E-state index in [0.717, 1.165) is 11.1 Å². The Hall–Kier alpha value is -4.66. The van der Waals surface area contributed by atoms with Gasteiger partial charge in [0.25, 0.3) is 0 Å². The van der Waals surface area contributed by atoms with Crippen LogP contribution in [0.15, 0.2) is 78.9 Å². The van der Waals surface area contributed by atoms with E-state index in [1.807, 2.05) is 30.3 Å². The fourth-order valence-corrected chi connectivity index (χ4v) is 4.18. The molecule has 40 heavy (non-hydrogen) atoms. The van der Waals surface area contributed by atoms with Crippen molar-refractivity contribution in [1.82, 2.24) is 16.0 Å². The maximum Gasteiger partial charge on any atom is 0.243 e. The Morgan fingerprint density at radius 2 is 1.25 bits per heavy atom. The number of aldehydes is 1. The van der Waals surface area contributed by atoms with Crippen molar-refractivity contribution >= 4 is 24.0 Å². The lowest BCUT2D eigenvalue weighted by Crippen LogP contribution is -2.57. The Labute approximate surface area is 233 Å². The SMILES string of the molecule is CC(C)[C@H](NC(=O)[C@H](Cc1ccc(O)cc1)NC(=O)Cc1ccccc1)C(=O)N[C@H](C=O)Cc1ccc(O)cc1. The second kappa shape index (κ2) is 14.5. The zero-order valence-corrected chi connectivity index (χ0v) is 22.5. The van der Waals surface area contributed by atoms with E-state index < -0.39 is 29.9 Å². The van der Waals surface area contributed by atoms with Crippen molar-refractivity contribution < 1.29 is 29.4 Å². The third kappa shape index (κ3) is 9.27. The van der Waals surface area contributed by atoms with Crippen LogP contribution in [0.5, 0.6) is 11.5 Å². The van der Waals surface area contributed by atoms with Gasteiger partial charge in [-0.1, -0.05) is 68.4 Å². The predicted octanol–water partition coefficient (Wildman–Crippen LogP) is 2.43. The maximum atomic E-state index is 13.5. The fourth-order valence-electron chi connectivity index (χ4n) is 4.18. The molecule has 5 N–H and O–H groups in total. The summed E-state index contributed by atoms with van der Waals surface area (Å²) in [5.41, 5.74) is 2.24. The minimum atomic E-state index is -0.992. The molecule has 3 atom stereocenters. The fraction of sp³-hybridized carbons (Fsp3) is 0.290. The molecule has 0 bridgehead atoms. The number of hydrogen-bond acceptors (Lipinski definition) is 6. The molecule has 0 aliphatic rings. The number of aromatic hydroxyl groups is 2. The van der Waals surface area contributed by atoms with Gasteiger partial charge in [0.05, 0.1) is 12.5 Å². The molecule has 3 aromatic carbocycles. The van der Waals surface area contributed by atoms with E-state index in [-0.39, 0.29) is 42.6 Å². The number of rotatable bonds is 13. The van der Waals surface area contributed by atoms with Crippen LogP contribution in [0.3, 0.4) is 0 Å². The molecule has 0 aromatic heterocycles. The van der Waals surface area contributed by atoms with Crippen LogP contribution in [0.1, 0.15) is 30.5 Å². The van der Waals surface area contributed by atoms with Crippen LogP contribution in [0.2, 0.25) is 0 Å². The molecule has 3 amide bonds. The van der Waals surface area contributed by atoms with Crippen molar-refractivity contribution in [3.63, 3.8) is 0 Å². The molecule has 210 valence electrons. The monoisotopic (exact) mass is 545 g/mol. The lowest BCUT2D eigenvalue weighted by molar-refractivity contribution is -0.133. The third-order valence-electron chi connectivity index (χ3n) is 6.37. The van der Waals surface area contributed by atoms with Crippen LogP contribution in [-0.4, -0.2) is 52.3 Å². The molecule has 0 aliphatic heterocycles. The quantitative estimate of drug-likeness (QED) is 0.209. The summed E-state index contributed by atoms with van der Waals surface area (Å²) in [6, 6.07) is 18.9. The highest BCUT2D eigenvalue weighted by molar-refractivity contribution is 5.93. The van der Waals surface area contributed by atoms with Crippen LogP contribution in [-0.2, 0) is 38.4 Å². The molecule has 0 saturated heterocycles. The molecular weight excluding hydrogens is 510 g/mol. The van der Waals surface area contributed by atoms with E-state index in [1.165, 1.54) is 24.3 Å². The second-order valence-electron chi connectivity index (χ2n) is 10.0. The van der Waals surface area contributed by atoms with E-state index in [0.29, 0.717) is 11.8 Å². The maximum absolute atomic E-state index is 13.5. The van der Waals surface area contributed by atoms with Crippen molar-refractivity contribution in [2.45, 2.75) is 51.2 Å². The van der Waals surface area contributed by atoms with Gasteiger partial charge in [-0.05, 0) is 53.3 Å². The smallest absolute Gasteiger partial charge is 0.243 e. The van der Waals surface area contributed by atoms with Gasteiger partial charge in [0.15, 0.2) is 0 Å². The van der Waals surface area contributed by atoms with Crippen molar-refractivity contribution in [1.29, 1.82) is 0 Å². The minimum Gasteiger partial charge on any atom is -0.508 e. The molecule has 3 aromatic rings. The standard InChI is InChI=1S/C31H35N3O6/c1-20(2)29(31(40)32-24(19-35)16-22-8-12-25(36)13-9-22)34-30(39)27(17-23-10-14-26(37)15-11-23)33-28(38)18-21-6-4-3-5-7-21/h3-15,19-20,24,27,29,36-37H,16-18H2,1-2H3,(H,32,40)(H,33,38)(H,34,39)/t24-,27-,29-/m0/s1. The molecule has 0 heterocycles. The van der Waals surface area contributed by atoms with Crippen LogP contribution < -0.4 is 16.0 Å². The Morgan fingerprint density at radius 1 is 0.700 bits per heavy atom.